The fourth-order valence-electron chi connectivity index (χ4n) is 1.10. The zero-order valence-electron chi connectivity index (χ0n) is 10.9. The molecule has 0 radical (unpaired) electrons. The van der Waals surface area contributed by atoms with Gasteiger partial charge in [0.2, 0.25) is 0 Å². The first-order chi connectivity index (χ1) is 7.72. The molecule has 0 bridgehead atoms. The number of aliphatic hydroxyl groups excluding tert-OH is 2. The Labute approximate surface area is 106 Å². The van der Waals surface area contributed by atoms with Gasteiger partial charge in [-0.1, -0.05) is 52.4 Å². The minimum absolute atomic E-state index is 0.296. The van der Waals surface area contributed by atoms with E-state index in [-0.39, 0.29) is 6.10 Å². The van der Waals surface area contributed by atoms with Gasteiger partial charge >= 0.3 is 0 Å². The van der Waals surface area contributed by atoms with Gasteiger partial charge in [0.05, 0.1) is 6.10 Å². The molecule has 0 amide bonds. The predicted molar refractivity (Wildman–Crippen MR) is 72.1 cm³/mol. The maximum atomic E-state index is 9.09. The van der Waals surface area contributed by atoms with E-state index in [0.29, 0.717) is 12.5 Å². The highest BCUT2D eigenvalue weighted by Crippen LogP contribution is 2.07. The van der Waals surface area contributed by atoms with Crippen LogP contribution in [0.2, 0.25) is 0 Å². The van der Waals surface area contributed by atoms with Gasteiger partial charge in [-0.15, -0.1) is 11.6 Å². The summed E-state index contributed by atoms with van der Waals surface area (Å²) in [4.78, 5) is 0. The van der Waals surface area contributed by atoms with Gasteiger partial charge < -0.3 is 10.2 Å². The zero-order valence-corrected chi connectivity index (χ0v) is 11.7. The van der Waals surface area contributed by atoms with Crippen molar-refractivity contribution in [2.75, 3.05) is 12.5 Å². The van der Waals surface area contributed by atoms with Crippen LogP contribution >= 0.6 is 11.6 Å². The van der Waals surface area contributed by atoms with E-state index < -0.39 is 0 Å². The van der Waals surface area contributed by atoms with Gasteiger partial charge in [0.25, 0.3) is 0 Å². The molecule has 0 aliphatic carbocycles. The molecule has 2 N–H and O–H groups in total. The Morgan fingerprint density at radius 2 is 1.44 bits per heavy atom. The Hall–Kier alpha value is 0.210. The van der Waals surface area contributed by atoms with Crippen molar-refractivity contribution in [1.29, 1.82) is 0 Å². The number of hydrogen-bond donors (Lipinski definition) is 2. The summed E-state index contributed by atoms with van der Waals surface area (Å²) in [5, 5.41) is 17.6. The second-order valence-electron chi connectivity index (χ2n) is 4.09. The van der Waals surface area contributed by atoms with E-state index in [1.807, 2.05) is 0 Å². The second-order valence-corrected chi connectivity index (χ2v) is 4.40. The van der Waals surface area contributed by atoms with Gasteiger partial charge in [-0.2, -0.15) is 0 Å². The standard InChI is InChI=1S/C9H19ClO2.C4H10/c10-8-9(12)6-4-2-1-3-5-7-11;1-3-4-2/h9,11-12H,1-8H2;3-4H2,1-2H3. The summed E-state index contributed by atoms with van der Waals surface area (Å²) in [5.41, 5.74) is 0. The average Bonchev–Trinajstić information content (AvgIpc) is 2.33. The molecule has 1 unspecified atom stereocenters. The van der Waals surface area contributed by atoms with Gasteiger partial charge in [-0.25, -0.2) is 0 Å². The van der Waals surface area contributed by atoms with E-state index >= 15 is 0 Å². The third kappa shape index (κ3) is 19.7. The van der Waals surface area contributed by atoms with E-state index in [9.17, 15) is 0 Å². The smallest absolute Gasteiger partial charge is 0.0675 e. The maximum absolute atomic E-state index is 9.09. The predicted octanol–water partition coefficient (Wildman–Crippen LogP) is 3.73. The normalized spacial score (nSPS) is 11.8. The quantitative estimate of drug-likeness (QED) is 0.485. The number of unbranched alkanes of at least 4 members (excludes halogenated alkanes) is 5. The lowest BCUT2D eigenvalue weighted by Crippen LogP contribution is -2.07. The van der Waals surface area contributed by atoms with Gasteiger partial charge in [0.1, 0.15) is 0 Å². The van der Waals surface area contributed by atoms with Crippen molar-refractivity contribution >= 4 is 11.6 Å². The third-order valence-corrected chi connectivity index (χ3v) is 2.73. The summed E-state index contributed by atoms with van der Waals surface area (Å²) in [5.74, 6) is 0.344. The molecule has 0 aliphatic rings. The highest BCUT2D eigenvalue weighted by atomic mass is 35.5. The molecular weight excluding hydrogens is 224 g/mol. The molecule has 0 heterocycles. The Balaban J connectivity index is 0. The van der Waals surface area contributed by atoms with Gasteiger partial charge in [0.15, 0.2) is 0 Å². The summed E-state index contributed by atoms with van der Waals surface area (Å²) in [6.45, 7) is 4.66. The molecule has 0 aromatic rings. The lowest BCUT2D eigenvalue weighted by molar-refractivity contribution is 0.183. The van der Waals surface area contributed by atoms with Crippen LogP contribution in [0.15, 0.2) is 0 Å². The monoisotopic (exact) mass is 252 g/mol. The highest BCUT2D eigenvalue weighted by molar-refractivity contribution is 6.18. The van der Waals surface area contributed by atoms with E-state index in [0.717, 1.165) is 38.5 Å². The number of alkyl halides is 1. The van der Waals surface area contributed by atoms with Crippen LogP contribution in [0.25, 0.3) is 0 Å². The fourth-order valence-corrected chi connectivity index (χ4v) is 1.25. The fraction of sp³-hybridized carbons (Fsp3) is 1.00. The Morgan fingerprint density at radius 1 is 0.938 bits per heavy atom. The van der Waals surface area contributed by atoms with Crippen LogP contribution in [-0.4, -0.2) is 28.8 Å². The minimum Gasteiger partial charge on any atom is -0.396 e. The lowest BCUT2D eigenvalue weighted by Gasteiger charge is -2.05. The van der Waals surface area contributed by atoms with Crippen molar-refractivity contribution in [3.05, 3.63) is 0 Å². The molecule has 0 rings (SSSR count). The molecule has 0 spiro atoms. The molecular formula is C13H29ClO2. The van der Waals surface area contributed by atoms with Crippen LogP contribution in [0.3, 0.4) is 0 Å². The van der Waals surface area contributed by atoms with Crippen molar-refractivity contribution in [3.8, 4) is 0 Å². The summed E-state index contributed by atoms with van der Waals surface area (Å²) in [7, 11) is 0. The summed E-state index contributed by atoms with van der Waals surface area (Å²) >= 11 is 5.43. The first-order valence-corrected chi connectivity index (χ1v) is 7.11. The Bertz CT molecular complexity index is 108. The first kappa shape index (κ1) is 18.6. The molecule has 0 fully saturated rings. The summed E-state index contributed by atoms with van der Waals surface area (Å²) in [6.07, 6.45) is 8.43. The molecule has 0 aromatic carbocycles. The molecule has 0 aliphatic heterocycles. The molecule has 100 valence electrons. The number of halogens is 1. The Morgan fingerprint density at radius 3 is 1.88 bits per heavy atom. The van der Waals surface area contributed by atoms with Crippen LogP contribution < -0.4 is 0 Å². The minimum atomic E-state index is -0.329. The molecule has 0 aromatic heterocycles. The largest absolute Gasteiger partial charge is 0.396 e. The summed E-state index contributed by atoms with van der Waals surface area (Å²) < 4.78 is 0. The van der Waals surface area contributed by atoms with Crippen molar-refractivity contribution in [2.24, 2.45) is 0 Å². The van der Waals surface area contributed by atoms with Crippen molar-refractivity contribution in [2.45, 2.75) is 71.3 Å². The van der Waals surface area contributed by atoms with E-state index in [1.54, 1.807) is 0 Å². The lowest BCUT2D eigenvalue weighted by atomic mass is 10.1. The van der Waals surface area contributed by atoms with E-state index in [1.165, 1.54) is 12.8 Å². The van der Waals surface area contributed by atoms with Crippen LogP contribution in [-0.2, 0) is 0 Å². The maximum Gasteiger partial charge on any atom is 0.0675 e. The Kier molecular flexibility index (Phi) is 20.4. The first-order valence-electron chi connectivity index (χ1n) is 6.57. The third-order valence-electron chi connectivity index (χ3n) is 2.37. The van der Waals surface area contributed by atoms with Crippen LogP contribution in [0.4, 0.5) is 0 Å². The molecule has 0 saturated heterocycles. The second kappa shape index (κ2) is 17.6. The van der Waals surface area contributed by atoms with Crippen LogP contribution in [0.1, 0.15) is 65.2 Å². The van der Waals surface area contributed by atoms with Gasteiger partial charge in [-0.3, -0.25) is 0 Å². The van der Waals surface area contributed by atoms with Crippen molar-refractivity contribution in [3.63, 3.8) is 0 Å². The molecule has 3 heteroatoms. The molecule has 0 saturated carbocycles. The van der Waals surface area contributed by atoms with E-state index in [2.05, 4.69) is 13.8 Å². The van der Waals surface area contributed by atoms with Crippen molar-refractivity contribution < 1.29 is 10.2 Å². The van der Waals surface area contributed by atoms with Gasteiger partial charge in [-0.05, 0) is 12.8 Å². The zero-order chi connectivity index (χ0) is 12.6. The van der Waals surface area contributed by atoms with Crippen LogP contribution in [0, 0.1) is 0 Å². The molecule has 1 atom stereocenters. The van der Waals surface area contributed by atoms with E-state index in [4.69, 9.17) is 21.8 Å². The highest BCUT2D eigenvalue weighted by Gasteiger charge is 2.00. The number of aliphatic hydroxyl groups is 2. The number of hydrogen-bond acceptors (Lipinski definition) is 2. The molecule has 16 heavy (non-hydrogen) atoms. The number of rotatable bonds is 9. The SMILES string of the molecule is CCCC.OCCCCCCCC(O)CCl. The van der Waals surface area contributed by atoms with Gasteiger partial charge in [0, 0.05) is 12.5 Å². The van der Waals surface area contributed by atoms with Crippen molar-refractivity contribution in [1.82, 2.24) is 0 Å². The topological polar surface area (TPSA) is 40.5 Å². The van der Waals surface area contributed by atoms with Crippen LogP contribution in [0.5, 0.6) is 0 Å². The summed E-state index contributed by atoms with van der Waals surface area (Å²) in [6, 6.07) is 0. The molecule has 2 nitrogen and oxygen atoms in total. The average molecular weight is 253 g/mol.